The quantitative estimate of drug-likeness (QED) is 0.0894. The summed E-state index contributed by atoms with van der Waals surface area (Å²) in [5.41, 5.74) is 11.1. The minimum Gasteiger partial charge on any atom is -0.444 e. The summed E-state index contributed by atoms with van der Waals surface area (Å²) < 4.78 is 65.8. The van der Waals surface area contributed by atoms with Crippen LogP contribution in [0.2, 0.25) is 0 Å². The lowest BCUT2D eigenvalue weighted by Gasteiger charge is -2.32. The maximum atomic E-state index is 14.2. The summed E-state index contributed by atoms with van der Waals surface area (Å²) in [6.45, 7) is 8.98. The Morgan fingerprint density at radius 3 is 1.80 bits per heavy atom. The number of carbonyl (C=O) groups excluding carboxylic acids is 2. The molecule has 0 aliphatic rings. The van der Waals surface area contributed by atoms with Gasteiger partial charge >= 0.3 is 12.2 Å². The summed E-state index contributed by atoms with van der Waals surface area (Å²) in [5, 5.41) is 23.9. The molecule has 0 aliphatic carbocycles. The summed E-state index contributed by atoms with van der Waals surface area (Å²) in [7, 11) is -8.44. The molecular weight excluding hydrogens is 737 g/mol. The molecule has 0 heterocycles. The van der Waals surface area contributed by atoms with E-state index in [0.29, 0.717) is 16.2 Å². The van der Waals surface area contributed by atoms with Crippen molar-refractivity contribution in [3.05, 3.63) is 84.9 Å². The zero-order chi connectivity index (χ0) is 40.2. The number of anilines is 4. The largest absolute Gasteiger partial charge is 0.444 e. The summed E-state index contributed by atoms with van der Waals surface area (Å²) >= 11 is 0. The molecule has 4 rings (SSSR count). The first-order valence-corrected chi connectivity index (χ1v) is 20.1. The van der Waals surface area contributed by atoms with Gasteiger partial charge in [0.25, 0.3) is 0 Å². The normalized spacial score (nSPS) is 12.8. The highest BCUT2D eigenvalue weighted by Crippen LogP contribution is 2.38. The van der Waals surface area contributed by atoms with E-state index >= 15 is 0 Å². The molecule has 54 heavy (non-hydrogen) atoms. The van der Waals surface area contributed by atoms with Crippen LogP contribution in [-0.2, 0) is 29.1 Å². The third-order valence-corrected chi connectivity index (χ3v) is 11.2. The fourth-order valence-corrected chi connectivity index (χ4v) is 8.19. The van der Waals surface area contributed by atoms with Gasteiger partial charge in [-0.15, -0.1) is 0 Å². The van der Waals surface area contributed by atoms with Crippen LogP contribution in [0, 0.1) is 0 Å². The predicted octanol–water partition coefficient (Wildman–Crippen LogP) is 5.83. The van der Waals surface area contributed by atoms with E-state index in [1.165, 1.54) is 60.7 Å². The van der Waals surface area contributed by atoms with E-state index in [1.54, 1.807) is 65.8 Å². The van der Waals surface area contributed by atoms with Gasteiger partial charge < -0.3 is 31.2 Å². The molecule has 16 heteroatoms. The molecular formula is C38H46N4O10S2. The summed E-state index contributed by atoms with van der Waals surface area (Å²) in [4.78, 5) is 27.5. The van der Waals surface area contributed by atoms with Crippen molar-refractivity contribution in [2.24, 2.45) is 0 Å². The molecule has 1 unspecified atom stereocenters. The van der Waals surface area contributed by atoms with Gasteiger partial charge in [-0.2, -0.15) is 0 Å². The highest BCUT2D eigenvalue weighted by Gasteiger charge is 2.35. The van der Waals surface area contributed by atoms with Crippen molar-refractivity contribution < 1.29 is 46.1 Å². The monoisotopic (exact) mass is 782 g/mol. The third kappa shape index (κ3) is 10.3. The third-order valence-electron chi connectivity index (χ3n) is 7.66. The van der Waals surface area contributed by atoms with Gasteiger partial charge in [0.2, 0.25) is 0 Å². The molecule has 0 aliphatic heterocycles. The SMILES string of the molecule is CC(C)(C)OC(=O)Nc1ccc(-c2ccccc2S(=O)(=O)CCO)cc1N(C(=O)OC(C)(C)C)C(O)CS(=O)(=O)c1ccccc1-c1ccc(N)c(N)c1. The molecule has 0 aromatic heterocycles. The predicted molar refractivity (Wildman–Crippen MR) is 208 cm³/mol. The highest BCUT2D eigenvalue weighted by atomic mass is 32.2. The Bertz CT molecular complexity index is 2250. The fourth-order valence-electron chi connectivity index (χ4n) is 5.40. The minimum absolute atomic E-state index is 0.108. The number of amides is 2. The Morgan fingerprint density at radius 2 is 1.26 bits per heavy atom. The molecule has 14 nitrogen and oxygen atoms in total. The van der Waals surface area contributed by atoms with Crippen LogP contribution in [0.1, 0.15) is 41.5 Å². The van der Waals surface area contributed by atoms with Crippen LogP contribution < -0.4 is 21.7 Å². The maximum Gasteiger partial charge on any atom is 0.417 e. The average molecular weight is 783 g/mol. The van der Waals surface area contributed by atoms with Gasteiger partial charge in [-0.25, -0.2) is 31.3 Å². The number of nitrogen functional groups attached to an aromatic ring is 2. The summed E-state index contributed by atoms with van der Waals surface area (Å²) in [5.74, 6) is -1.62. The topological polar surface area (TPSA) is 229 Å². The number of rotatable bonds is 11. The Balaban J connectivity index is 1.93. The van der Waals surface area contributed by atoms with E-state index in [4.69, 9.17) is 20.9 Å². The maximum absolute atomic E-state index is 14.2. The number of sulfone groups is 2. The van der Waals surface area contributed by atoms with E-state index < -0.39 is 67.4 Å². The van der Waals surface area contributed by atoms with Crippen LogP contribution in [0.3, 0.4) is 0 Å². The number of aliphatic hydroxyl groups is 2. The van der Waals surface area contributed by atoms with Crippen molar-refractivity contribution in [2.45, 2.75) is 68.8 Å². The van der Waals surface area contributed by atoms with Crippen LogP contribution >= 0.6 is 0 Å². The lowest BCUT2D eigenvalue weighted by atomic mass is 10.0. The van der Waals surface area contributed by atoms with Gasteiger partial charge in [0.15, 0.2) is 25.9 Å². The average Bonchev–Trinajstić information content (AvgIpc) is 3.05. The summed E-state index contributed by atoms with van der Waals surface area (Å²) in [6, 6.07) is 20.8. The van der Waals surface area contributed by atoms with Gasteiger partial charge in [0.1, 0.15) is 17.0 Å². The number of hydrogen-bond acceptors (Lipinski definition) is 12. The molecule has 0 spiro atoms. The molecule has 2 amide bonds. The smallest absolute Gasteiger partial charge is 0.417 e. The number of nitrogens with two attached hydrogens (primary N) is 2. The standard InChI is InChI=1S/C38H46N4O10S2/c1-37(2,3)51-35(45)41-30-18-16-25(27-12-7-9-13-32(27)53(47,48)20-19-43)22-31(30)42(36(46)52-38(4,5)6)34(44)23-54(49,50)33-14-10-8-11-26(33)24-15-17-28(39)29(40)21-24/h7-18,21-22,34,43-44H,19-20,23,39-40H2,1-6H3,(H,41,45). The molecule has 0 bridgehead atoms. The summed E-state index contributed by atoms with van der Waals surface area (Å²) in [6.07, 6.45) is -4.27. The Hall–Kier alpha value is -5.16. The molecule has 290 valence electrons. The number of ether oxygens (including phenoxy) is 2. The molecule has 7 N–H and O–H groups in total. The fraction of sp³-hybridized carbons (Fsp3) is 0.316. The van der Waals surface area contributed by atoms with Crippen LogP contribution in [0.15, 0.2) is 94.7 Å². The number of hydrogen-bond donors (Lipinski definition) is 5. The van der Waals surface area contributed by atoms with Gasteiger partial charge in [-0.1, -0.05) is 48.5 Å². The zero-order valence-corrected chi connectivity index (χ0v) is 32.5. The Kier molecular flexibility index (Phi) is 12.4. The van der Waals surface area contributed by atoms with Gasteiger partial charge in [-0.3, -0.25) is 5.32 Å². The van der Waals surface area contributed by atoms with E-state index in [1.807, 2.05) is 0 Å². The second-order valence-corrected chi connectivity index (χ2v) is 18.4. The lowest BCUT2D eigenvalue weighted by Crippen LogP contribution is -2.47. The number of carbonyl (C=O) groups is 2. The van der Waals surface area contributed by atoms with E-state index in [0.717, 1.165) is 0 Å². The van der Waals surface area contributed by atoms with Crippen LogP contribution in [0.5, 0.6) is 0 Å². The van der Waals surface area contributed by atoms with E-state index in [-0.39, 0.29) is 43.5 Å². The van der Waals surface area contributed by atoms with E-state index in [2.05, 4.69) is 5.32 Å². The van der Waals surface area contributed by atoms with Crippen LogP contribution in [0.25, 0.3) is 22.3 Å². The Labute approximate surface area is 315 Å². The highest BCUT2D eigenvalue weighted by molar-refractivity contribution is 7.91. The number of benzene rings is 4. The molecule has 0 radical (unpaired) electrons. The number of aliphatic hydroxyl groups excluding tert-OH is 2. The van der Waals surface area contributed by atoms with Crippen molar-refractivity contribution in [3.63, 3.8) is 0 Å². The second kappa shape index (κ2) is 16.1. The number of nitrogens with one attached hydrogen (secondary N) is 1. The first-order valence-electron chi connectivity index (χ1n) is 16.8. The second-order valence-electron chi connectivity index (χ2n) is 14.3. The van der Waals surface area contributed by atoms with Crippen molar-refractivity contribution in [1.29, 1.82) is 0 Å². The van der Waals surface area contributed by atoms with Gasteiger partial charge in [0, 0.05) is 11.1 Å². The van der Waals surface area contributed by atoms with Gasteiger partial charge in [0.05, 0.1) is 44.9 Å². The minimum atomic E-state index is -4.43. The molecule has 0 saturated heterocycles. The number of nitrogens with zero attached hydrogens (tertiary/aromatic N) is 1. The lowest BCUT2D eigenvalue weighted by molar-refractivity contribution is 0.0491. The zero-order valence-electron chi connectivity index (χ0n) is 30.9. The van der Waals surface area contributed by atoms with Crippen molar-refractivity contribution in [1.82, 2.24) is 0 Å². The molecule has 0 fully saturated rings. The van der Waals surface area contributed by atoms with Crippen LogP contribution in [-0.4, -0.2) is 74.8 Å². The molecule has 4 aromatic carbocycles. The van der Waals surface area contributed by atoms with Gasteiger partial charge in [-0.05, 0) is 89.1 Å². The van der Waals surface area contributed by atoms with Crippen molar-refractivity contribution in [2.75, 3.05) is 39.8 Å². The van der Waals surface area contributed by atoms with E-state index in [9.17, 15) is 36.6 Å². The van der Waals surface area contributed by atoms with Crippen LogP contribution in [0.4, 0.5) is 32.3 Å². The molecule has 1 atom stereocenters. The Morgan fingerprint density at radius 1 is 0.741 bits per heavy atom. The molecule has 0 saturated carbocycles. The van der Waals surface area contributed by atoms with Crippen molar-refractivity contribution in [3.8, 4) is 22.3 Å². The first-order chi connectivity index (χ1) is 25.0. The first kappa shape index (κ1) is 41.6. The van der Waals surface area contributed by atoms with Crippen molar-refractivity contribution >= 4 is 54.6 Å². The molecule has 4 aromatic rings.